The molecule has 0 spiro atoms. The minimum absolute atomic E-state index is 0.0237. The molecule has 0 aromatic carbocycles. The Labute approximate surface area is 146 Å². The molecule has 0 amide bonds. The molecule has 1 saturated heterocycles. The van der Waals surface area contributed by atoms with Gasteiger partial charge in [-0.2, -0.15) is 0 Å². The van der Waals surface area contributed by atoms with Gasteiger partial charge < -0.3 is 9.47 Å². The van der Waals surface area contributed by atoms with E-state index in [1.807, 2.05) is 0 Å². The lowest BCUT2D eigenvalue weighted by molar-refractivity contribution is -0.165. The first-order chi connectivity index (χ1) is 11.7. The van der Waals surface area contributed by atoms with Crippen molar-refractivity contribution in [2.75, 3.05) is 0 Å². The Morgan fingerprint density at radius 3 is 2.75 bits per heavy atom. The first kappa shape index (κ1) is 19.0. The van der Waals surface area contributed by atoms with E-state index < -0.39 is 0 Å². The second-order valence-electron chi connectivity index (χ2n) is 7.14. The Balaban J connectivity index is 1.77. The molecule has 24 heavy (non-hydrogen) atoms. The number of rotatable bonds is 10. The van der Waals surface area contributed by atoms with Crippen LogP contribution in [0.5, 0.6) is 0 Å². The van der Waals surface area contributed by atoms with Crippen molar-refractivity contribution in [3.63, 3.8) is 0 Å². The van der Waals surface area contributed by atoms with Gasteiger partial charge in [-0.1, -0.05) is 38.8 Å². The van der Waals surface area contributed by atoms with Crippen molar-refractivity contribution in [1.82, 2.24) is 0 Å². The maximum absolute atomic E-state index is 12.5. The highest BCUT2D eigenvalue weighted by molar-refractivity contribution is 5.76. The van der Waals surface area contributed by atoms with E-state index in [1.165, 1.54) is 6.42 Å². The van der Waals surface area contributed by atoms with Gasteiger partial charge in [0.15, 0.2) is 0 Å². The van der Waals surface area contributed by atoms with Crippen LogP contribution in [0.3, 0.4) is 0 Å². The van der Waals surface area contributed by atoms with E-state index in [9.17, 15) is 9.59 Å². The maximum Gasteiger partial charge on any atom is 0.309 e. The summed E-state index contributed by atoms with van der Waals surface area (Å²) < 4.78 is 11.1. The molecule has 2 fully saturated rings. The van der Waals surface area contributed by atoms with Gasteiger partial charge in [0.1, 0.15) is 12.2 Å². The average Bonchev–Trinajstić information content (AvgIpc) is 2.87. The standard InChI is InChI=1S/C20H32O4/c1-3-5-6-7-8-9-11-15(10-4-2)19(21)23-17-13-12-16-14-18(17)24-20(16)22/h6-7,15-18H,3-5,8-14H2,1-2H3/b7-6+. The largest absolute Gasteiger partial charge is 0.458 e. The topological polar surface area (TPSA) is 52.6 Å². The lowest BCUT2D eigenvalue weighted by Gasteiger charge is -2.27. The summed E-state index contributed by atoms with van der Waals surface area (Å²) in [4.78, 5) is 24.1. The van der Waals surface area contributed by atoms with Crippen molar-refractivity contribution in [2.24, 2.45) is 11.8 Å². The molecule has 136 valence electrons. The van der Waals surface area contributed by atoms with E-state index >= 15 is 0 Å². The summed E-state index contributed by atoms with van der Waals surface area (Å²) in [6, 6.07) is 0. The Kier molecular flexibility index (Phi) is 7.80. The van der Waals surface area contributed by atoms with Crippen LogP contribution in [0, 0.1) is 11.8 Å². The number of unbranched alkanes of at least 4 members (excludes halogenated alkanes) is 2. The van der Waals surface area contributed by atoms with Crippen LogP contribution < -0.4 is 0 Å². The molecule has 4 unspecified atom stereocenters. The number of carbonyl (C=O) groups excluding carboxylic acids is 2. The van der Waals surface area contributed by atoms with Crippen molar-refractivity contribution in [3.05, 3.63) is 12.2 Å². The van der Waals surface area contributed by atoms with Crippen LogP contribution >= 0.6 is 0 Å². The number of esters is 2. The molecular weight excluding hydrogens is 304 g/mol. The Morgan fingerprint density at radius 2 is 2.00 bits per heavy atom. The van der Waals surface area contributed by atoms with Crippen LogP contribution in [0.2, 0.25) is 0 Å². The van der Waals surface area contributed by atoms with Crippen LogP contribution in [0.15, 0.2) is 12.2 Å². The van der Waals surface area contributed by atoms with Gasteiger partial charge >= 0.3 is 11.9 Å². The monoisotopic (exact) mass is 336 g/mol. The molecule has 4 nitrogen and oxygen atoms in total. The lowest BCUT2D eigenvalue weighted by atomic mass is 9.88. The van der Waals surface area contributed by atoms with E-state index in [1.54, 1.807) is 0 Å². The van der Waals surface area contributed by atoms with Crippen LogP contribution in [0.25, 0.3) is 0 Å². The van der Waals surface area contributed by atoms with Gasteiger partial charge in [-0.3, -0.25) is 9.59 Å². The smallest absolute Gasteiger partial charge is 0.309 e. The van der Waals surface area contributed by atoms with Gasteiger partial charge in [-0.05, 0) is 44.9 Å². The second kappa shape index (κ2) is 9.85. The zero-order valence-electron chi connectivity index (χ0n) is 15.2. The number of hydrogen-bond donors (Lipinski definition) is 0. The highest BCUT2D eigenvalue weighted by atomic mass is 16.6. The fraction of sp³-hybridized carbons (Fsp3) is 0.800. The minimum atomic E-state index is -0.232. The third kappa shape index (κ3) is 5.35. The van der Waals surface area contributed by atoms with Gasteiger partial charge in [0.2, 0.25) is 0 Å². The van der Waals surface area contributed by atoms with Crippen LogP contribution in [-0.2, 0) is 19.1 Å². The number of fused-ring (bicyclic) bond motifs is 2. The summed E-state index contributed by atoms with van der Waals surface area (Å²) in [7, 11) is 0. The zero-order valence-corrected chi connectivity index (χ0v) is 15.2. The number of allylic oxidation sites excluding steroid dienone is 2. The number of ether oxygens (including phenoxy) is 2. The molecule has 1 heterocycles. The third-order valence-electron chi connectivity index (χ3n) is 5.12. The second-order valence-corrected chi connectivity index (χ2v) is 7.14. The molecule has 1 aliphatic heterocycles. The summed E-state index contributed by atoms with van der Waals surface area (Å²) in [6.45, 7) is 4.28. The number of carbonyl (C=O) groups is 2. The highest BCUT2D eigenvalue weighted by Gasteiger charge is 2.45. The van der Waals surface area contributed by atoms with Crippen molar-refractivity contribution >= 4 is 11.9 Å². The summed E-state index contributed by atoms with van der Waals surface area (Å²) in [5.41, 5.74) is 0. The van der Waals surface area contributed by atoms with Crippen molar-refractivity contribution in [3.8, 4) is 0 Å². The lowest BCUT2D eigenvalue weighted by Crippen LogP contribution is -2.35. The van der Waals surface area contributed by atoms with Gasteiger partial charge in [0.05, 0.1) is 11.8 Å². The molecule has 4 atom stereocenters. The summed E-state index contributed by atoms with van der Waals surface area (Å²) in [6.07, 6.45) is 13.3. The first-order valence-corrected chi connectivity index (χ1v) is 9.71. The molecule has 1 aliphatic carbocycles. The summed E-state index contributed by atoms with van der Waals surface area (Å²) in [5, 5.41) is 0. The third-order valence-corrected chi connectivity index (χ3v) is 5.12. The predicted molar refractivity (Wildman–Crippen MR) is 93.4 cm³/mol. The molecule has 2 rings (SSSR count). The Morgan fingerprint density at radius 1 is 1.21 bits per heavy atom. The zero-order chi connectivity index (χ0) is 17.4. The number of hydrogen-bond acceptors (Lipinski definition) is 4. The molecule has 2 bridgehead atoms. The first-order valence-electron chi connectivity index (χ1n) is 9.71. The van der Waals surface area contributed by atoms with Gasteiger partial charge in [-0.25, -0.2) is 0 Å². The van der Waals surface area contributed by atoms with E-state index in [-0.39, 0.29) is 36.0 Å². The van der Waals surface area contributed by atoms with Crippen LogP contribution in [0.4, 0.5) is 0 Å². The molecule has 0 radical (unpaired) electrons. The average molecular weight is 336 g/mol. The van der Waals surface area contributed by atoms with Gasteiger partial charge in [-0.15, -0.1) is 0 Å². The van der Waals surface area contributed by atoms with E-state index in [0.29, 0.717) is 0 Å². The van der Waals surface area contributed by atoms with Crippen molar-refractivity contribution < 1.29 is 19.1 Å². The van der Waals surface area contributed by atoms with E-state index in [2.05, 4.69) is 26.0 Å². The fourth-order valence-corrected chi connectivity index (χ4v) is 3.68. The molecule has 0 aromatic rings. The van der Waals surface area contributed by atoms with Crippen LogP contribution in [0.1, 0.15) is 78.1 Å². The fourth-order valence-electron chi connectivity index (χ4n) is 3.68. The van der Waals surface area contributed by atoms with Crippen LogP contribution in [-0.4, -0.2) is 24.1 Å². The normalized spacial score (nSPS) is 27.2. The Bertz CT molecular complexity index is 443. The predicted octanol–water partition coefficient (Wildman–Crippen LogP) is 4.57. The molecular formula is C20H32O4. The van der Waals surface area contributed by atoms with E-state index in [4.69, 9.17) is 9.47 Å². The minimum Gasteiger partial charge on any atom is -0.458 e. The van der Waals surface area contributed by atoms with Gasteiger partial charge in [0, 0.05) is 6.42 Å². The Hall–Kier alpha value is -1.32. The van der Waals surface area contributed by atoms with E-state index in [0.717, 1.165) is 57.8 Å². The molecule has 1 saturated carbocycles. The molecule has 0 N–H and O–H groups in total. The van der Waals surface area contributed by atoms with Crippen molar-refractivity contribution in [2.45, 2.75) is 90.3 Å². The van der Waals surface area contributed by atoms with Crippen molar-refractivity contribution in [1.29, 1.82) is 0 Å². The highest BCUT2D eigenvalue weighted by Crippen LogP contribution is 2.36. The maximum atomic E-state index is 12.5. The van der Waals surface area contributed by atoms with Gasteiger partial charge in [0.25, 0.3) is 0 Å². The quantitative estimate of drug-likeness (QED) is 0.333. The SMILES string of the molecule is CCC/C=C/CCCC(CCC)C(=O)OC1CCC2CC1OC2=O. The molecule has 0 aromatic heterocycles. The molecule has 2 aliphatic rings. The molecule has 4 heteroatoms. The summed E-state index contributed by atoms with van der Waals surface area (Å²) in [5.74, 6) is -0.195. The summed E-state index contributed by atoms with van der Waals surface area (Å²) >= 11 is 0.